The number of carboxylic acid groups (broad SMARTS) is 1. The standard InChI is InChI=1S/C18H26N4O4/c1-13(23)22(12-17(24)25)15-5-4-9-21(10-8-15)18(26)14-6-7-16(19-11-14)20(2)3/h6-7,11,15H,4-5,8-10,12H2,1-3H3,(H,24,25)/t15-/m0/s1. The summed E-state index contributed by atoms with van der Waals surface area (Å²) in [6, 6.07) is 3.41. The van der Waals surface area contributed by atoms with Gasteiger partial charge in [0.05, 0.1) is 5.56 Å². The Hall–Kier alpha value is -2.64. The molecule has 1 aromatic heterocycles. The van der Waals surface area contributed by atoms with Crippen molar-refractivity contribution in [1.82, 2.24) is 14.8 Å². The van der Waals surface area contributed by atoms with Crippen LogP contribution in [-0.2, 0) is 9.59 Å². The van der Waals surface area contributed by atoms with Crippen molar-refractivity contribution < 1.29 is 19.5 Å². The minimum absolute atomic E-state index is 0.0870. The van der Waals surface area contributed by atoms with E-state index in [-0.39, 0.29) is 24.4 Å². The lowest BCUT2D eigenvalue weighted by Crippen LogP contribution is -2.43. The van der Waals surface area contributed by atoms with E-state index in [1.54, 1.807) is 23.2 Å². The Morgan fingerprint density at radius 3 is 2.50 bits per heavy atom. The number of amides is 2. The van der Waals surface area contributed by atoms with Crippen LogP contribution in [0.1, 0.15) is 36.5 Å². The number of rotatable bonds is 5. The number of carboxylic acids is 1. The Kier molecular flexibility index (Phi) is 6.54. The molecule has 1 fully saturated rings. The summed E-state index contributed by atoms with van der Waals surface area (Å²) in [4.78, 5) is 44.8. The molecule has 0 unspecified atom stereocenters. The van der Waals surface area contributed by atoms with Gasteiger partial charge < -0.3 is 19.8 Å². The summed E-state index contributed by atoms with van der Waals surface area (Å²) in [7, 11) is 3.77. The molecule has 2 rings (SSSR count). The van der Waals surface area contributed by atoms with Crippen molar-refractivity contribution in [1.29, 1.82) is 0 Å². The first-order chi connectivity index (χ1) is 12.3. The van der Waals surface area contributed by atoms with Crippen molar-refractivity contribution >= 4 is 23.6 Å². The highest BCUT2D eigenvalue weighted by molar-refractivity contribution is 5.94. The maximum absolute atomic E-state index is 12.7. The Labute approximate surface area is 153 Å². The third kappa shape index (κ3) is 4.93. The Morgan fingerprint density at radius 2 is 1.96 bits per heavy atom. The summed E-state index contributed by atoms with van der Waals surface area (Å²) < 4.78 is 0. The maximum Gasteiger partial charge on any atom is 0.323 e. The molecule has 1 atom stereocenters. The first-order valence-electron chi connectivity index (χ1n) is 8.71. The second-order valence-electron chi connectivity index (χ2n) is 6.72. The van der Waals surface area contributed by atoms with Gasteiger partial charge in [0.25, 0.3) is 5.91 Å². The highest BCUT2D eigenvalue weighted by Gasteiger charge is 2.28. The van der Waals surface area contributed by atoms with Crippen molar-refractivity contribution in [2.24, 2.45) is 0 Å². The zero-order valence-electron chi connectivity index (χ0n) is 15.5. The van der Waals surface area contributed by atoms with E-state index in [0.717, 1.165) is 12.2 Å². The largest absolute Gasteiger partial charge is 0.480 e. The minimum atomic E-state index is -1.02. The van der Waals surface area contributed by atoms with Crippen LogP contribution >= 0.6 is 0 Å². The molecule has 1 N–H and O–H groups in total. The number of carbonyl (C=O) groups is 3. The number of nitrogens with zero attached hydrogens (tertiary/aromatic N) is 4. The van der Waals surface area contributed by atoms with Crippen LogP contribution in [0.15, 0.2) is 18.3 Å². The van der Waals surface area contributed by atoms with Crippen LogP contribution < -0.4 is 4.90 Å². The first kappa shape index (κ1) is 19.7. The molecule has 1 aromatic rings. The normalized spacial score (nSPS) is 17.3. The molecule has 142 valence electrons. The Morgan fingerprint density at radius 1 is 1.23 bits per heavy atom. The second-order valence-corrected chi connectivity index (χ2v) is 6.72. The molecular weight excluding hydrogens is 336 g/mol. The smallest absolute Gasteiger partial charge is 0.323 e. The molecule has 2 amide bonds. The van der Waals surface area contributed by atoms with Gasteiger partial charge >= 0.3 is 5.97 Å². The lowest BCUT2D eigenvalue weighted by Gasteiger charge is -2.28. The van der Waals surface area contributed by atoms with Crippen molar-refractivity contribution in [3.63, 3.8) is 0 Å². The highest BCUT2D eigenvalue weighted by Crippen LogP contribution is 2.19. The average Bonchev–Trinajstić information content (AvgIpc) is 2.84. The average molecular weight is 362 g/mol. The quantitative estimate of drug-likeness (QED) is 0.842. The predicted octanol–water partition coefficient (Wildman–Crippen LogP) is 1.08. The number of hydrogen-bond donors (Lipinski definition) is 1. The van der Waals surface area contributed by atoms with Crippen molar-refractivity contribution in [3.8, 4) is 0 Å². The van der Waals surface area contributed by atoms with E-state index in [1.165, 1.54) is 11.8 Å². The van der Waals surface area contributed by atoms with E-state index < -0.39 is 5.97 Å². The van der Waals surface area contributed by atoms with Gasteiger partial charge in [-0.05, 0) is 31.4 Å². The van der Waals surface area contributed by atoms with Gasteiger partial charge in [-0.15, -0.1) is 0 Å². The zero-order valence-corrected chi connectivity index (χ0v) is 15.5. The van der Waals surface area contributed by atoms with Gasteiger partial charge in [-0.25, -0.2) is 4.98 Å². The molecule has 0 aliphatic carbocycles. The van der Waals surface area contributed by atoms with E-state index in [4.69, 9.17) is 5.11 Å². The van der Waals surface area contributed by atoms with Crippen LogP contribution in [0.2, 0.25) is 0 Å². The number of hydrogen-bond acceptors (Lipinski definition) is 5. The fourth-order valence-electron chi connectivity index (χ4n) is 3.20. The van der Waals surface area contributed by atoms with Crippen LogP contribution in [0.3, 0.4) is 0 Å². The van der Waals surface area contributed by atoms with Crippen LogP contribution in [0, 0.1) is 0 Å². The fourth-order valence-corrected chi connectivity index (χ4v) is 3.20. The van der Waals surface area contributed by atoms with E-state index >= 15 is 0 Å². The minimum Gasteiger partial charge on any atom is -0.480 e. The van der Waals surface area contributed by atoms with Gasteiger partial charge in [-0.3, -0.25) is 14.4 Å². The molecule has 26 heavy (non-hydrogen) atoms. The molecule has 1 aliphatic rings. The van der Waals surface area contributed by atoms with E-state index in [9.17, 15) is 14.4 Å². The topological polar surface area (TPSA) is 94.0 Å². The van der Waals surface area contributed by atoms with Crippen molar-refractivity contribution in [2.45, 2.75) is 32.2 Å². The molecule has 0 saturated carbocycles. The summed E-state index contributed by atoms with van der Waals surface area (Å²) in [5.74, 6) is -0.579. The van der Waals surface area contributed by atoms with Gasteiger partial charge in [-0.2, -0.15) is 0 Å². The summed E-state index contributed by atoms with van der Waals surface area (Å²) >= 11 is 0. The first-order valence-corrected chi connectivity index (χ1v) is 8.71. The number of likely N-dealkylation sites (tertiary alicyclic amines) is 1. The molecular formula is C18H26N4O4. The number of aliphatic carboxylic acids is 1. The fraction of sp³-hybridized carbons (Fsp3) is 0.556. The molecule has 8 heteroatoms. The molecule has 1 aliphatic heterocycles. The highest BCUT2D eigenvalue weighted by atomic mass is 16.4. The summed E-state index contributed by atoms with van der Waals surface area (Å²) in [5.41, 5.74) is 0.531. The van der Waals surface area contributed by atoms with Crippen LogP contribution in [0.5, 0.6) is 0 Å². The summed E-state index contributed by atoms with van der Waals surface area (Å²) in [5, 5.41) is 9.02. The van der Waals surface area contributed by atoms with Crippen LogP contribution in [0.25, 0.3) is 0 Å². The van der Waals surface area contributed by atoms with Gasteiger partial charge in [0.1, 0.15) is 12.4 Å². The number of pyridine rings is 1. The third-order valence-electron chi connectivity index (χ3n) is 4.59. The SMILES string of the molecule is CC(=O)N(CC(=O)O)[C@H]1CCCN(C(=O)c2ccc(N(C)C)nc2)CC1. The second kappa shape index (κ2) is 8.64. The third-order valence-corrected chi connectivity index (χ3v) is 4.59. The van der Waals surface area contributed by atoms with Gasteiger partial charge in [-0.1, -0.05) is 0 Å². The zero-order chi connectivity index (χ0) is 19.3. The summed E-state index contributed by atoms with van der Waals surface area (Å²) in [6.07, 6.45) is 3.56. The predicted molar refractivity (Wildman–Crippen MR) is 97.1 cm³/mol. The lowest BCUT2D eigenvalue weighted by atomic mass is 10.1. The molecule has 0 radical (unpaired) electrons. The molecule has 0 aromatic carbocycles. The Balaban J connectivity index is 2.03. The van der Waals surface area contributed by atoms with E-state index in [2.05, 4.69) is 4.98 Å². The van der Waals surface area contributed by atoms with E-state index in [0.29, 0.717) is 31.5 Å². The van der Waals surface area contributed by atoms with Gasteiger partial charge in [0.15, 0.2) is 0 Å². The Bertz CT molecular complexity index is 660. The number of aromatic nitrogens is 1. The van der Waals surface area contributed by atoms with Crippen LogP contribution in [-0.4, -0.2) is 77.4 Å². The lowest BCUT2D eigenvalue weighted by molar-refractivity contribution is -0.145. The molecule has 8 nitrogen and oxygen atoms in total. The summed E-state index contributed by atoms with van der Waals surface area (Å²) in [6.45, 7) is 2.16. The molecule has 0 bridgehead atoms. The van der Waals surface area contributed by atoms with Crippen molar-refractivity contribution in [2.75, 3.05) is 38.6 Å². The van der Waals surface area contributed by atoms with Crippen LogP contribution in [0.4, 0.5) is 5.82 Å². The number of carbonyl (C=O) groups excluding carboxylic acids is 2. The molecule has 1 saturated heterocycles. The monoisotopic (exact) mass is 362 g/mol. The van der Waals surface area contributed by atoms with Gasteiger partial charge in [0, 0.05) is 46.3 Å². The van der Waals surface area contributed by atoms with Crippen molar-refractivity contribution in [3.05, 3.63) is 23.9 Å². The van der Waals surface area contributed by atoms with Gasteiger partial charge in [0.2, 0.25) is 5.91 Å². The number of anilines is 1. The maximum atomic E-state index is 12.7. The van der Waals surface area contributed by atoms with E-state index in [1.807, 2.05) is 19.0 Å². The molecule has 2 heterocycles. The molecule has 0 spiro atoms.